The van der Waals surface area contributed by atoms with Gasteiger partial charge in [0.2, 0.25) is 0 Å². The Morgan fingerprint density at radius 1 is 0.920 bits per heavy atom. The number of fused-ring (bicyclic) bond motifs is 3. The normalized spacial score (nSPS) is 25.6. The monoisotopic (exact) mass is 336 g/mol. The molecule has 0 aromatic heterocycles. The molecule has 1 N–H and O–H groups in total. The molecule has 1 aliphatic heterocycles. The van der Waals surface area contributed by atoms with E-state index in [1.165, 1.54) is 0 Å². The minimum atomic E-state index is -0.263. The predicted molar refractivity (Wildman–Crippen MR) is 90.0 cm³/mol. The number of hydrogen-bond donors (Lipinski definition) is 1. The van der Waals surface area contributed by atoms with Gasteiger partial charge >= 0.3 is 0 Å². The molecule has 2 aliphatic carbocycles. The van der Waals surface area contributed by atoms with Crippen LogP contribution in [0.3, 0.4) is 0 Å². The molecule has 25 heavy (non-hydrogen) atoms. The van der Waals surface area contributed by atoms with Gasteiger partial charge in [0, 0.05) is 34.9 Å². The lowest BCUT2D eigenvalue weighted by molar-refractivity contribution is -0.140. The Balaban J connectivity index is 1.70. The Morgan fingerprint density at radius 3 is 2.28 bits per heavy atom. The first kappa shape index (κ1) is 14.8. The first-order valence-corrected chi connectivity index (χ1v) is 8.44. The summed E-state index contributed by atoms with van der Waals surface area (Å²) in [5, 5.41) is 12.0. The van der Waals surface area contributed by atoms with Gasteiger partial charge in [0.25, 0.3) is 0 Å². The van der Waals surface area contributed by atoms with Crippen LogP contribution in [0.2, 0.25) is 0 Å². The second kappa shape index (κ2) is 5.25. The molecule has 1 saturated heterocycles. The number of ether oxygens (including phenoxy) is 2. The van der Waals surface area contributed by atoms with Crippen molar-refractivity contribution >= 4 is 22.3 Å². The van der Waals surface area contributed by atoms with Crippen molar-refractivity contribution in [1.29, 1.82) is 0 Å². The number of phenols is 1. The van der Waals surface area contributed by atoms with Gasteiger partial charge in [-0.05, 0) is 11.5 Å². The number of aromatic hydroxyl groups is 1. The Hall–Kier alpha value is -2.50. The van der Waals surface area contributed by atoms with E-state index in [-0.39, 0.29) is 40.7 Å². The minimum absolute atomic E-state index is 0.110. The fraction of sp³-hybridized carbons (Fsp3) is 0.300. The first-order valence-electron chi connectivity index (χ1n) is 8.44. The summed E-state index contributed by atoms with van der Waals surface area (Å²) < 4.78 is 11.4. The summed E-state index contributed by atoms with van der Waals surface area (Å²) in [6.45, 7) is 1.01. The molecule has 2 aromatic rings. The molecule has 0 amide bonds. The number of carbonyl (C=O) groups excluding carboxylic acids is 2. The summed E-state index contributed by atoms with van der Waals surface area (Å²) in [6.07, 6.45) is 0.363. The van der Waals surface area contributed by atoms with Crippen molar-refractivity contribution in [3.05, 3.63) is 52.6 Å². The number of phenolic OH excluding ortho intramolecular Hbond substituents is 1. The van der Waals surface area contributed by atoms with Crippen LogP contribution in [0.1, 0.15) is 33.6 Å². The maximum absolute atomic E-state index is 13.1. The lowest BCUT2D eigenvalue weighted by Crippen LogP contribution is -2.44. The molecular formula is C20H16O5. The molecule has 2 unspecified atom stereocenters. The van der Waals surface area contributed by atoms with Gasteiger partial charge in [0.05, 0.1) is 31.0 Å². The zero-order valence-electron chi connectivity index (χ0n) is 13.5. The average Bonchev–Trinajstić information content (AvgIpc) is 2.65. The third-order valence-corrected chi connectivity index (χ3v) is 5.38. The second-order valence-corrected chi connectivity index (χ2v) is 6.71. The van der Waals surface area contributed by atoms with Crippen LogP contribution in [-0.4, -0.2) is 42.1 Å². The molecule has 0 bridgehead atoms. The average molecular weight is 336 g/mol. The molecule has 5 rings (SSSR count). The highest BCUT2D eigenvalue weighted by atomic mass is 16.6. The highest BCUT2D eigenvalue weighted by molar-refractivity contribution is 6.29. The zero-order valence-corrected chi connectivity index (χ0v) is 13.5. The van der Waals surface area contributed by atoms with E-state index in [0.717, 1.165) is 5.39 Å². The molecular weight excluding hydrogens is 320 g/mol. The summed E-state index contributed by atoms with van der Waals surface area (Å²) in [5.41, 5.74) is 1.39. The highest BCUT2D eigenvalue weighted by Crippen LogP contribution is 2.43. The number of ketones is 2. The fourth-order valence-electron chi connectivity index (χ4n) is 4.15. The van der Waals surface area contributed by atoms with Crippen molar-refractivity contribution in [3.63, 3.8) is 0 Å². The maximum atomic E-state index is 13.1. The third kappa shape index (κ3) is 2.03. The molecule has 3 aliphatic rings. The van der Waals surface area contributed by atoms with E-state index in [1.54, 1.807) is 18.2 Å². The number of benzene rings is 2. The van der Waals surface area contributed by atoms with Gasteiger partial charge in [-0.3, -0.25) is 9.59 Å². The van der Waals surface area contributed by atoms with Gasteiger partial charge in [0.15, 0.2) is 11.6 Å². The number of rotatable bonds is 0. The smallest absolute Gasteiger partial charge is 0.194 e. The van der Waals surface area contributed by atoms with Gasteiger partial charge < -0.3 is 14.6 Å². The van der Waals surface area contributed by atoms with Crippen LogP contribution < -0.4 is 0 Å². The lowest BCUT2D eigenvalue weighted by atomic mass is 9.74. The summed E-state index contributed by atoms with van der Waals surface area (Å²) in [7, 11) is 0. The number of Topliss-reactive ketones (excluding diaryl/α,β-unsaturated/α-hetero) is 2. The van der Waals surface area contributed by atoms with E-state index in [9.17, 15) is 14.7 Å². The van der Waals surface area contributed by atoms with Crippen LogP contribution in [0.15, 0.2) is 41.5 Å². The van der Waals surface area contributed by atoms with Crippen LogP contribution in [0.5, 0.6) is 5.75 Å². The molecule has 2 atom stereocenters. The van der Waals surface area contributed by atoms with Crippen LogP contribution in [0.25, 0.3) is 10.8 Å². The van der Waals surface area contributed by atoms with E-state index >= 15 is 0 Å². The zero-order chi connectivity index (χ0) is 17.1. The molecule has 126 valence electrons. The van der Waals surface area contributed by atoms with Crippen LogP contribution in [-0.2, 0) is 9.47 Å². The van der Waals surface area contributed by atoms with Crippen molar-refractivity contribution in [1.82, 2.24) is 0 Å². The third-order valence-electron chi connectivity index (χ3n) is 5.38. The van der Waals surface area contributed by atoms with E-state index in [2.05, 4.69) is 0 Å². The topological polar surface area (TPSA) is 72.8 Å². The van der Waals surface area contributed by atoms with Crippen LogP contribution in [0, 0.1) is 0 Å². The Morgan fingerprint density at radius 2 is 1.56 bits per heavy atom. The summed E-state index contributed by atoms with van der Waals surface area (Å²) >= 11 is 0. The maximum Gasteiger partial charge on any atom is 0.194 e. The second-order valence-electron chi connectivity index (χ2n) is 6.71. The summed E-state index contributed by atoms with van der Waals surface area (Å²) in [4.78, 5) is 26.1. The van der Waals surface area contributed by atoms with E-state index < -0.39 is 0 Å². The molecule has 0 saturated carbocycles. The Labute approximate surface area is 143 Å². The first-order chi connectivity index (χ1) is 12.1. The molecule has 5 heteroatoms. The van der Waals surface area contributed by atoms with Crippen molar-refractivity contribution in [2.24, 2.45) is 0 Å². The Bertz CT molecular complexity index is 971. The largest absolute Gasteiger partial charge is 0.507 e. The summed E-state index contributed by atoms with van der Waals surface area (Å²) in [5.74, 6) is -0.556. The fourth-order valence-corrected chi connectivity index (χ4v) is 4.15. The van der Waals surface area contributed by atoms with Crippen molar-refractivity contribution in [2.75, 3.05) is 13.2 Å². The lowest BCUT2D eigenvalue weighted by Gasteiger charge is -2.38. The quantitative estimate of drug-likeness (QED) is 0.801. The SMILES string of the molecule is O=C1C2=C(CC3OCCOC3C2)C(=O)c2c1cc1ccccc1c2O. The van der Waals surface area contributed by atoms with Crippen LogP contribution >= 0.6 is 0 Å². The number of carbonyl (C=O) groups is 2. The van der Waals surface area contributed by atoms with Gasteiger partial charge in [0.1, 0.15) is 5.75 Å². The highest BCUT2D eigenvalue weighted by Gasteiger charge is 2.43. The molecule has 1 heterocycles. The van der Waals surface area contributed by atoms with Gasteiger partial charge in [-0.25, -0.2) is 0 Å². The van der Waals surface area contributed by atoms with E-state index in [0.29, 0.717) is 42.6 Å². The molecule has 1 fully saturated rings. The van der Waals surface area contributed by atoms with E-state index in [1.807, 2.05) is 12.1 Å². The Kier molecular flexibility index (Phi) is 3.11. The van der Waals surface area contributed by atoms with Crippen molar-refractivity contribution in [2.45, 2.75) is 25.0 Å². The van der Waals surface area contributed by atoms with Crippen LogP contribution in [0.4, 0.5) is 0 Å². The summed E-state index contributed by atoms with van der Waals surface area (Å²) in [6, 6.07) is 8.92. The van der Waals surface area contributed by atoms with Crippen molar-refractivity contribution in [3.8, 4) is 5.75 Å². The van der Waals surface area contributed by atoms with E-state index in [4.69, 9.17) is 9.47 Å². The molecule has 2 aromatic carbocycles. The molecule has 5 nitrogen and oxygen atoms in total. The van der Waals surface area contributed by atoms with Gasteiger partial charge in [-0.1, -0.05) is 24.3 Å². The predicted octanol–water partition coefficient (Wildman–Crippen LogP) is 2.80. The van der Waals surface area contributed by atoms with Crippen molar-refractivity contribution < 1.29 is 24.2 Å². The standard InChI is InChI=1S/C20H16O5/c21-18-12-8-15-16(25-6-5-24-15)9-13(12)20(23)17-14(18)7-10-3-1-2-4-11(10)19(17)22/h1-4,7,15-16,22H,5-6,8-9H2. The number of hydrogen-bond acceptors (Lipinski definition) is 5. The van der Waals surface area contributed by atoms with Gasteiger partial charge in [-0.15, -0.1) is 0 Å². The molecule has 0 radical (unpaired) electrons. The molecule has 0 spiro atoms. The minimum Gasteiger partial charge on any atom is -0.507 e. The van der Waals surface area contributed by atoms with Gasteiger partial charge in [-0.2, -0.15) is 0 Å².